The van der Waals surface area contributed by atoms with Crippen LogP contribution in [-0.2, 0) is 6.54 Å². The lowest BCUT2D eigenvalue weighted by atomic mass is 10.1. The first-order chi connectivity index (χ1) is 8.17. The third-order valence-corrected chi connectivity index (χ3v) is 2.45. The maximum absolute atomic E-state index is 5.72. The molecule has 2 N–H and O–H groups in total. The first kappa shape index (κ1) is 11.6. The molecule has 0 amide bonds. The van der Waals surface area contributed by atoms with Gasteiger partial charge in [-0.05, 0) is 48.7 Å². The van der Waals surface area contributed by atoms with Gasteiger partial charge in [0.25, 0.3) is 0 Å². The van der Waals surface area contributed by atoms with Gasteiger partial charge in [-0.15, -0.1) is 0 Å². The quantitative estimate of drug-likeness (QED) is 0.878. The zero-order chi connectivity index (χ0) is 12.3. The maximum Gasteiger partial charge on any atom is 0.219 e. The molecule has 0 aliphatic rings. The lowest BCUT2D eigenvalue weighted by Gasteiger charge is -2.07. The smallest absolute Gasteiger partial charge is 0.219 e. The van der Waals surface area contributed by atoms with Gasteiger partial charge in [0.05, 0.1) is 0 Å². The summed E-state index contributed by atoms with van der Waals surface area (Å²) >= 11 is 0. The van der Waals surface area contributed by atoms with Crippen LogP contribution in [0.15, 0.2) is 36.5 Å². The van der Waals surface area contributed by atoms with Gasteiger partial charge in [-0.25, -0.2) is 4.98 Å². The molecule has 0 aliphatic heterocycles. The number of hydrogen-bond acceptors (Lipinski definition) is 3. The van der Waals surface area contributed by atoms with Gasteiger partial charge >= 0.3 is 0 Å². The van der Waals surface area contributed by atoms with Gasteiger partial charge in [-0.3, -0.25) is 0 Å². The summed E-state index contributed by atoms with van der Waals surface area (Å²) in [6.07, 6.45) is 1.71. The molecule has 0 bridgehead atoms. The van der Waals surface area contributed by atoms with Gasteiger partial charge in [0.1, 0.15) is 5.75 Å². The third-order valence-electron chi connectivity index (χ3n) is 2.45. The van der Waals surface area contributed by atoms with Gasteiger partial charge in [0.2, 0.25) is 5.88 Å². The molecule has 0 fully saturated rings. The minimum atomic E-state index is 0.492. The van der Waals surface area contributed by atoms with Crippen molar-refractivity contribution in [2.75, 3.05) is 0 Å². The Morgan fingerprint density at radius 3 is 2.47 bits per heavy atom. The lowest BCUT2D eigenvalue weighted by Crippen LogP contribution is -1.97. The number of hydrogen-bond donors (Lipinski definition) is 1. The van der Waals surface area contributed by atoms with Crippen molar-refractivity contribution in [2.24, 2.45) is 5.73 Å². The Bertz CT molecular complexity index is 503. The molecule has 3 heteroatoms. The summed E-state index contributed by atoms with van der Waals surface area (Å²) < 4.78 is 5.72. The van der Waals surface area contributed by atoms with Crippen LogP contribution in [0.1, 0.15) is 16.7 Å². The molecule has 1 aromatic carbocycles. The van der Waals surface area contributed by atoms with Gasteiger partial charge in [0.15, 0.2) is 0 Å². The molecule has 1 heterocycles. The number of aromatic nitrogens is 1. The van der Waals surface area contributed by atoms with E-state index in [0.29, 0.717) is 12.4 Å². The highest BCUT2D eigenvalue weighted by Crippen LogP contribution is 2.22. The van der Waals surface area contributed by atoms with E-state index in [9.17, 15) is 0 Å². The van der Waals surface area contributed by atoms with Crippen LogP contribution in [0.4, 0.5) is 0 Å². The standard InChI is InChI=1S/C14H16N2O/c1-10-5-11(2)7-13(6-10)17-14-8-12(9-15)3-4-16-14/h3-8H,9,15H2,1-2H3. The molecular formula is C14H16N2O. The van der Waals surface area contributed by atoms with E-state index in [2.05, 4.69) is 11.1 Å². The summed E-state index contributed by atoms with van der Waals surface area (Å²) in [6, 6.07) is 9.83. The molecule has 3 nitrogen and oxygen atoms in total. The number of aryl methyl sites for hydroxylation is 2. The molecule has 0 spiro atoms. The van der Waals surface area contributed by atoms with Crippen LogP contribution in [0.5, 0.6) is 11.6 Å². The normalized spacial score (nSPS) is 10.3. The Kier molecular flexibility index (Phi) is 3.40. The molecular weight excluding hydrogens is 212 g/mol. The fourth-order valence-corrected chi connectivity index (χ4v) is 1.75. The van der Waals surface area contributed by atoms with Crippen LogP contribution in [0.2, 0.25) is 0 Å². The molecule has 1 aromatic heterocycles. The monoisotopic (exact) mass is 228 g/mol. The summed E-state index contributed by atoms with van der Waals surface area (Å²) in [7, 11) is 0. The Labute approximate surface area is 101 Å². The van der Waals surface area contributed by atoms with Crippen molar-refractivity contribution in [3.8, 4) is 11.6 Å². The molecule has 88 valence electrons. The number of nitrogens with two attached hydrogens (primary N) is 1. The molecule has 0 radical (unpaired) electrons. The van der Waals surface area contributed by atoms with E-state index in [-0.39, 0.29) is 0 Å². The topological polar surface area (TPSA) is 48.1 Å². The van der Waals surface area contributed by atoms with Crippen molar-refractivity contribution in [3.63, 3.8) is 0 Å². The molecule has 2 rings (SSSR count). The van der Waals surface area contributed by atoms with Gasteiger partial charge in [-0.1, -0.05) is 6.07 Å². The van der Waals surface area contributed by atoms with E-state index in [0.717, 1.165) is 11.3 Å². The van der Waals surface area contributed by atoms with Crippen molar-refractivity contribution in [1.82, 2.24) is 4.98 Å². The number of pyridine rings is 1. The van der Waals surface area contributed by atoms with Crippen molar-refractivity contribution >= 4 is 0 Å². The van der Waals surface area contributed by atoms with Crippen LogP contribution >= 0.6 is 0 Å². The Balaban J connectivity index is 2.24. The van der Waals surface area contributed by atoms with Crippen molar-refractivity contribution in [3.05, 3.63) is 53.2 Å². The molecule has 2 aromatic rings. The molecule has 0 aliphatic carbocycles. The minimum absolute atomic E-state index is 0.492. The molecule has 17 heavy (non-hydrogen) atoms. The summed E-state index contributed by atoms with van der Waals surface area (Å²) in [6.45, 7) is 4.58. The summed E-state index contributed by atoms with van der Waals surface area (Å²) in [4.78, 5) is 4.16. The average Bonchev–Trinajstić information content (AvgIpc) is 2.28. The SMILES string of the molecule is Cc1cc(C)cc(Oc2cc(CN)ccn2)c1. The van der Waals surface area contributed by atoms with Gasteiger partial charge < -0.3 is 10.5 Å². The maximum atomic E-state index is 5.72. The molecule has 0 unspecified atom stereocenters. The highest BCUT2D eigenvalue weighted by molar-refractivity contribution is 5.35. The first-order valence-electron chi connectivity index (χ1n) is 5.58. The minimum Gasteiger partial charge on any atom is -0.439 e. The predicted octanol–water partition coefficient (Wildman–Crippen LogP) is 2.95. The van der Waals surface area contributed by atoms with E-state index in [4.69, 9.17) is 10.5 Å². The second-order valence-electron chi connectivity index (χ2n) is 4.13. The first-order valence-corrected chi connectivity index (χ1v) is 5.58. The fourth-order valence-electron chi connectivity index (χ4n) is 1.75. The zero-order valence-corrected chi connectivity index (χ0v) is 10.1. The fraction of sp³-hybridized carbons (Fsp3) is 0.214. The second-order valence-corrected chi connectivity index (χ2v) is 4.13. The summed E-state index contributed by atoms with van der Waals surface area (Å²) in [5.74, 6) is 1.39. The van der Waals surface area contributed by atoms with E-state index in [1.165, 1.54) is 11.1 Å². The number of benzene rings is 1. The van der Waals surface area contributed by atoms with Crippen LogP contribution in [0.3, 0.4) is 0 Å². The van der Waals surface area contributed by atoms with E-state index in [1.54, 1.807) is 6.20 Å². The van der Waals surface area contributed by atoms with Crippen LogP contribution in [0.25, 0.3) is 0 Å². The zero-order valence-electron chi connectivity index (χ0n) is 10.1. The molecule has 0 saturated heterocycles. The van der Waals surface area contributed by atoms with Crippen molar-refractivity contribution in [2.45, 2.75) is 20.4 Å². The lowest BCUT2D eigenvalue weighted by molar-refractivity contribution is 0.461. The van der Waals surface area contributed by atoms with Gasteiger partial charge in [0, 0.05) is 18.8 Å². The van der Waals surface area contributed by atoms with Crippen LogP contribution < -0.4 is 10.5 Å². The number of nitrogens with zero attached hydrogens (tertiary/aromatic N) is 1. The van der Waals surface area contributed by atoms with Crippen LogP contribution in [-0.4, -0.2) is 4.98 Å². The van der Waals surface area contributed by atoms with Crippen LogP contribution in [0, 0.1) is 13.8 Å². The Hall–Kier alpha value is -1.87. The summed E-state index contributed by atoms with van der Waals surface area (Å²) in [5, 5.41) is 0. The van der Waals surface area contributed by atoms with Crippen molar-refractivity contribution < 1.29 is 4.74 Å². The number of rotatable bonds is 3. The highest BCUT2D eigenvalue weighted by Gasteiger charge is 2.01. The Morgan fingerprint density at radius 2 is 1.82 bits per heavy atom. The molecule has 0 atom stereocenters. The predicted molar refractivity (Wildman–Crippen MR) is 68.1 cm³/mol. The van der Waals surface area contributed by atoms with E-state index >= 15 is 0 Å². The van der Waals surface area contributed by atoms with E-state index < -0.39 is 0 Å². The second kappa shape index (κ2) is 4.97. The Morgan fingerprint density at radius 1 is 1.12 bits per heavy atom. The van der Waals surface area contributed by atoms with Crippen molar-refractivity contribution in [1.29, 1.82) is 0 Å². The highest BCUT2D eigenvalue weighted by atomic mass is 16.5. The largest absolute Gasteiger partial charge is 0.439 e. The average molecular weight is 228 g/mol. The third kappa shape index (κ3) is 3.04. The molecule has 0 saturated carbocycles. The summed E-state index contributed by atoms with van der Waals surface area (Å²) in [5.41, 5.74) is 8.94. The van der Waals surface area contributed by atoms with Gasteiger partial charge in [-0.2, -0.15) is 0 Å². The number of ether oxygens (including phenoxy) is 1. The van der Waals surface area contributed by atoms with E-state index in [1.807, 2.05) is 38.1 Å².